The van der Waals surface area contributed by atoms with Crippen molar-refractivity contribution in [3.8, 4) is 0 Å². The monoisotopic (exact) mass is 237 g/mol. The van der Waals surface area contributed by atoms with Crippen molar-refractivity contribution in [1.82, 2.24) is 0 Å². The maximum atomic E-state index is 11.2. The lowest BCUT2D eigenvalue weighted by atomic mass is 10.1. The van der Waals surface area contributed by atoms with Crippen LogP contribution in [0.2, 0.25) is 0 Å². The van der Waals surface area contributed by atoms with Gasteiger partial charge in [0.25, 0.3) is 5.91 Å². The summed E-state index contributed by atoms with van der Waals surface area (Å²) in [5.74, 6) is 0.0488. The molecule has 1 saturated carbocycles. The van der Waals surface area contributed by atoms with Crippen molar-refractivity contribution in [3.05, 3.63) is 23.1 Å². The lowest BCUT2D eigenvalue weighted by Crippen LogP contribution is -2.11. The predicted octanol–water partition coefficient (Wildman–Crippen LogP) is 1.90. The highest BCUT2D eigenvalue weighted by Gasteiger charge is 2.32. The van der Waals surface area contributed by atoms with Crippen LogP contribution in [0.3, 0.4) is 0 Å². The lowest BCUT2D eigenvalue weighted by Gasteiger charge is -2.04. The van der Waals surface area contributed by atoms with E-state index in [9.17, 15) is 4.79 Å². The molecule has 2 rings (SSSR count). The van der Waals surface area contributed by atoms with Crippen molar-refractivity contribution in [1.29, 1.82) is 0 Å². The average Bonchev–Trinajstić information content (AvgIpc) is 3.00. The molecule has 0 aliphatic heterocycles. The number of carbonyl (C=O) groups is 1. The quantitative estimate of drug-likeness (QED) is 0.684. The second kappa shape index (κ2) is 4.17. The summed E-state index contributed by atoms with van der Waals surface area (Å²) in [6, 6.07) is 0. The fourth-order valence-electron chi connectivity index (χ4n) is 1.71. The highest BCUT2D eigenvalue weighted by molar-refractivity contribution is 7.18. The Kier molecular flexibility index (Phi) is 2.87. The second-order valence-corrected chi connectivity index (χ2v) is 4.92. The summed E-state index contributed by atoms with van der Waals surface area (Å²) in [5.41, 5.74) is 12.9. The van der Waals surface area contributed by atoms with Gasteiger partial charge in [0.15, 0.2) is 0 Å². The van der Waals surface area contributed by atoms with E-state index in [2.05, 4.69) is 11.9 Å². The molecule has 0 saturated heterocycles. The van der Waals surface area contributed by atoms with Gasteiger partial charge in [0, 0.05) is 12.1 Å². The Balaban J connectivity index is 2.37. The minimum Gasteiger partial charge on any atom is -0.397 e. The zero-order valence-electron chi connectivity index (χ0n) is 8.95. The van der Waals surface area contributed by atoms with Gasteiger partial charge in [-0.1, -0.05) is 6.08 Å². The molecule has 0 spiro atoms. The summed E-state index contributed by atoms with van der Waals surface area (Å²) >= 11 is 1.34. The lowest BCUT2D eigenvalue weighted by molar-refractivity contribution is 0.100. The van der Waals surface area contributed by atoms with Crippen LogP contribution in [0.25, 0.3) is 0 Å². The van der Waals surface area contributed by atoms with Crippen LogP contribution in [-0.4, -0.2) is 12.5 Å². The van der Waals surface area contributed by atoms with E-state index in [0.29, 0.717) is 23.0 Å². The number of nitrogen functional groups attached to an aromatic ring is 1. The largest absolute Gasteiger partial charge is 0.397 e. The summed E-state index contributed by atoms with van der Waals surface area (Å²) < 4.78 is 0. The summed E-state index contributed by atoms with van der Waals surface area (Å²) in [6.07, 6.45) is 4.06. The minimum atomic E-state index is -0.448. The first-order chi connectivity index (χ1) is 7.65. The molecule has 1 aromatic rings. The van der Waals surface area contributed by atoms with Gasteiger partial charge < -0.3 is 16.8 Å². The Bertz CT molecular complexity index is 435. The first kappa shape index (κ1) is 11.0. The third kappa shape index (κ3) is 1.90. The van der Waals surface area contributed by atoms with E-state index in [4.69, 9.17) is 11.5 Å². The van der Waals surface area contributed by atoms with Crippen LogP contribution in [-0.2, 0) is 0 Å². The molecule has 0 unspecified atom stereocenters. The number of hydrogen-bond acceptors (Lipinski definition) is 4. The molecule has 0 radical (unpaired) electrons. The molecule has 5 heteroatoms. The van der Waals surface area contributed by atoms with Gasteiger partial charge in [-0.15, -0.1) is 17.9 Å². The van der Waals surface area contributed by atoms with Gasteiger partial charge in [0.1, 0.15) is 4.88 Å². The first-order valence-corrected chi connectivity index (χ1v) is 6.03. The number of anilines is 2. The minimum absolute atomic E-state index is 0.448. The first-order valence-electron chi connectivity index (χ1n) is 5.21. The number of thiophene rings is 1. The van der Waals surface area contributed by atoms with Crippen molar-refractivity contribution in [2.75, 3.05) is 17.6 Å². The summed E-state index contributed by atoms with van der Waals surface area (Å²) in [4.78, 5) is 11.7. The Hall–Kier alpha value is -1.49. The summed E-state index contributed by atoms with van der Waals surface area (Å²) in [6.45, 7) is 4.31. The van der Waals surface area contributed by atoms with Crippen LogP contribution in [0, 0.1) is 0 Å². The molecule has 1 heterocycles. The standard InChI is InChI=1S/C11H15N3OS/c1-2-5-14-11-7(6-3-4-6)8(12)9(16-11)10(13)15/h2,6,14H,1,3-5,12H2,(H2,13,15). The van der Waals surface area contributed by atoms with Gasteiger partial charge in [-0.25, -0.2) is 0 Å². The van der Waals surface area contributed by atoms with Crippen molar-refractivity contribution in [3.63, 3.8) is 0 Å². The molecule has 0 bridgehead atoms. The van der Waals surface area contributed by atoms with Crippen LogP contribution >= 0.6 is 11.3 Å². The number of nitrogens with one attached hydrogen (secondary N) is 1. The van der Waals surface area contributed by atoms with Crippen LogP contribution in [0.5, 0.6) is 0 Å². The van der Waals surface area contributed by atoms with Crippen molar-refractivity contribution >= 4 is 27.9 Å². The van der Waals surface area contributed by atoms with Crippen molar-refractivity contribution < 1.29 is 4.79 Å². The van der Waals surface area contributed by atoms with Crippen molar-refractivity contribution in [2.45, 2.75) is 18.8 Å². The van der Waals surface area contributed by atoms with E-state index < -0.39 is 5.91 Å². The van der Waals surface area contributed by atoms with Gasteiger partial charge in [0.05, 0.1) is 10.7 Å². The highest BCUT2D eigenvalue weighted by Crippen LogP contribution is 2.50. The molecular weight excluding hydrogens is 222 g/mol. The fourth-order valence-corrected chi connectivity index (χ4v) is 2.78. The number of hydrogen-bond donors (Lipinski definition) is 3. The number of amides is 1. The average molecular weight is 237 g/mol. The SMILES string of the molecule is C=CCNc1sc(C(N)=O)c(N)c1C1CC1. The predicted molar refractivity (Wildman–Crippen MR) is 67.9 cm³/mol. The molecule has 4 nitrogen and oxygen atoms in total. The van der Waals surface area contributed by atoms with E-state index in [-0.39, 0.29) is 0 Å². The third-order valence-corrected chi connectivity index (χ3v) is 3.79. The topological polar surface area (TPSA) is 81.1 Å². The van der Waals surface area contributed by atoms with E-state index in [1.54, 1.807) is 6.08 Å². The highest BCUT2D eigenvalue weighted by atomic mass is 32.1. The molecule has 1 aliphatic rings. The van der Waals surface area contributed by atoms with Gasteiger partial charge in [0.2, 0.25) is 0 Å². The maximum absolute atomic E-state index is 11.2. The van der Waals surface area contributed by atoms with Crippen LogP contribution in [0.1, 0.15) is 34.0 Å². The fraction of sp³-hybridized carbons (Fsp3) is 0.364. The maximum Gasteiger partial charge on any atom is 0.260 e. The molecule has 1 fully saturated rings. The molecule has 0 aromatic carbocycles. The molecular formula is C11H15N3OS. The number of carbonyl (C=O) groups excluding carboxylic acids is 1. The Labute approximate surface area is 98.3 Å². The zero-order chi connectivity index (χ0) is 11.7. The third-order valence-electron chi connectivity index (χ3n) is 2.60. The van der Waals surface area contributed by atoms with Crippen LogP contribution < -0.4 is 16.8 Å². The zero-order valence-corrected chi connectivity index (χ0v) is 9.77. The van der Waals surface area contributed by atoms with Gasteiger partial charge >= 0.3 is 0 Å². The van der Waals surface area contributed by atoms with Gasteiger partial charge in [-0.05, 0) is 18.8 Å². The van der Waals surface area contributed by atoms with Gasteiger partial charge in [-0.3, -0.25) is 4.79 Å². The number of primary amides is 1. The molecule has 1 amide bonds. The molecule has 86 valence electrons. The molecule has 5 N–H and O–H groups in total. The van der Waals surface area contributed by atoms with Crippen LogP contribution in [0.15, 0.2) is 12.7 Å². The Morgan fingerprint density at radius 1 is 1.62 bits per heavy atom. The Morgan fingerprint density at radius 2 is 2.31 bits per heavy atom. The normalized spacial score (nSPS) is 14.8. The number of nitrogens with two attached hydrogens (primary N) is 2. The molecule has 0 atom stereocenters. The van der Waals surface area contributed by atoms with E-state index >= 15 is 0 Å². The van der Waals surface area contributed by atoms with E-state index in [0.717, 1.165) is 23.4 Å². The smallest absolute Gasteiger partial charge is 0.260 e. The van der Waals surface area contributed by atoms with Crippen molar-refractivity contribution in [2.24, 2.45) is 5.73 Å². The van der Waals surface area contributed by atoms with Crippen LogP contribution in [0.4, 0.5) is 10.7 Å². The molecule has 1 aromatic heterocycles. The second-order valence-electron chi connectivity index (χ2n) is 3.90. The summed E-state index contributed by atoms with van der Waals surface area (Å²) in [5, 5.41) is 4.18. The van der Waals surface area contributed by atoms with E-state index in [1.807, 2.05) is 0 Å². The van der Waals surface area contributed by atoms with Gasteiger partial charge in [-0.2, -0.15) is 0 Å². The van der Waals surface area contributed by atoms with E-state index in [1.165, 1.54) is 11.3 Å². The summed E-state index contributed by atoms with van der Waals surface area (Å²) in [7, 11) is 0. The molecule has 1 aliphatic carbocycles. The Morgan fingerprint density at radius 3 is 2.81 bits per heavy atom. The number of rotatable bonds is 5. The molecule has 16 heavy (non-hydrogen) atoms.